The third-order valence-corrected chi connectivity index (χ3v) is 21.2. The molecule has 0 saturated carbocycles. The molecule has 15 aromatic heterocycles. The number of carboxylic acids is 1. The molecule has 23 aromatic rings. The summed E-state index contributed by atoms with van der Waals surface area (Å²) in [6, 6.07) is 73.8. The molecule has 23 rings (SSSR count). The van der Waals surface area contributed by atoms with E-state index in [-0.39, 0.29) is 77.1 Å². The average Bonchev–Trinajstić information content (AvgIpc) is 1.62. The molecule has 8 aromatic carbocycles. The lowest BCUT2D eigenvalue weighted by Crippen LogP contribution is -2.34. The van der Waals surface area contributed by atoms with Gasteiger partial charge in [-0.1, -0.05) is 146 Å². The Morgan fingerprint density at radius 2 is 0.725 bits per heavy atom. The van der Waals surface area contributed by atoms with Gasteiger partial charge >= 0.3 is 17.9 Å². The lowest BCUT2D eigenvalue weighted by Gasteiger charge is -2.19. The molecule has 0 atom stereocenters. The van der Waals surface area contributed by atoms with Gasteiger partial charge in [0.05, 0.1) is 95.9 Å². The molecule has 0 bridgehead atoms. The minimum atomic E-state index is -1.09. The number of Topliss-reactive ketones (excluding diaryl/α,β-unsaturated/α-hetero) is 1. The van der Waals surface area contributed by atoms with Gasteiger partial charge in [-0.05, 0) is 125 Å². The van der Waals surface area contributed by atoms with Crippen molar-refractivity contribution in [2.45, 2.75) is 33.3 Å². The van der Waals surface area contributed by atoms with Crippen LogP contribution in [-0.4, -0.2) is 180 Å². The normalized spacial score (nSPS) is 11.3. The van der Waals surface area contributed by atoms with E-state index in [1.807, 2.05) is 206 Å². The summed E-state index contributed by atoms with van der Waals surface area (Å²) in [6.07, 6.45) is 3.38. The van der Waals surface area contributed by atoms with Crippen LogP contribution in [0.25, 0.3) is 143 Å². The van der Waals surface area contributed by atoms with Gasteiger partial charge in [-0.15, -0.1) is 10.2 Å². The number of hydrogen-bond acceptors (Lipinski definition) is 33. The van der Waals surface area contributed by atoms with Crippen LogP contribution in [0.4, 0.5) is 35.7 Å². The first-order valence-electron chi connectivity index (χ1n) is 42.2. The number of hydrogen-bond donors (Lipinski definition) is 11. The number of carboxylic acid groups (broad SMARTS) is 1. The number of pyridine rings is 2. The van der Waals surface area contributed by atoms with Crippen molar-refractivity contribution in [2.75, 3.05) is 54.1 Å². The molecule has 0 aliphatic carbocycles. The van der Waals surface area contributed by atoms with Gasteiger partial charge < -0.3 is 64.0 Å². The maximum atomic E-state index is 12.7. The van der Waals surface area contributed by atoms with E-state index in [1.165, 1.54) is 28.6 Å². The van der Waals surface area contributed by atoms with Crippen molar-refractivity contribution in [1.82, 2.24) is 124 Å². The van der Waals surface area contributed by atoms with E-state index >= 15 is 0 Å². The fraction of sp³-hybridized carbons (Fsp3) is 0.0842. The van der Waals surface area contributed by atoms with Gasteiger partial charge in [0, 0.05) is 61.0 Å². The van der Waals surface area contributed by atoms with Crippen LogP contribution >= 0.6 is 0 Å². The number of aromatic nitrogens is 22. The summed E-state index contributed by atoms with van der Waals surface area (Å²) in [5, 5.41) is 54.6. The summed E-state index contributed by atoms with van der Waals surface area (Å²) in [5.74, 6) is 3.34. The van der Waals surface area contributed by atoms with Gasteiger partial charge in [-0.2, -0.15) is 57.7 Å². The number of carbonyl (C=O) groups excluding carboxylic acids is 6. The van der Waals surface area contributed by atoms with Gasteiger partial charge in [0.2, 0.25) is 41.6 Å². The highest BCUT2D eigenvalue weighted by molar-refractivity contribution is 6.10. The number of hydrazine groups is 1. The van der Waals surface area contributed by atoms with E-state index in [4.69, 9.17) is 59.2 Å². The van der Waals surface area contributed by atoms with Gasteiger partial charge in [-0.25, -0.2) is 45.3 Å². The molecule has 0 spiro atoms. The smallest absolute Gasteiger partial charge is 0.358 e. The van der Waals surface area contributed by atoms with Crippen LogP contribution in [-0.2, 0) is 14.3 Å². The number of carbonyl (C=O) groups is 7. The first-order chi connectivity index (χ1) is 66.7. The maximum Gasteiger partial charge on any atom is 0.358 e. The molecule has 138 heavy (non-hydrogen) atoms. The molecular formula is C95H78N32O11. The van der Waals surface area contributed by atoms with Crippen molar-refractivity contribution in [3.05, 3.63) is 289 Å². The number of amides is 3. The Balaban J connectivity index is 0.000000111. The summed E-state index contributed by atoms with van der Waals surface area (Å²) in [5.41, 5.74) is 49.4. The number of nitrogen functional groups attached to an aromatic ring is 7. The van der Waals surface area contributed by atoms with Gasteiger partial charge in [0.25, 0.3) is 23.6 Å². The fourth-order valence-electron chi connectivity index (χ4n) is 15.2. The van der Waals surface area contributed by atoms with Crippen LogP contribution < -0.4 is 56.3 Å². The maximum absolute atomic E-state index is 12.7. The van der Waals surface area contributed by atoms with E-state index in [2.05, 4.69) is 91.3 Å². The summed E-state index contributed by atoms with van der Waals surface area (Å²) >= 11 is 0. The second-order valence-electron chi connectivity index (χ2n) is 31.4. The van der Waals surface area contributed by atoms with Crippen LogP contribution in [0.3, 0.4) is 0 Å². The molecule has 0 fully saturated rings. The molecule has 0 aliphatic heterocycles. The molecule has 0 saturated heterocycles. The van der Waals surface area contributed by atoms with Gasteiger partial charge in [0.15, 0.2) is 39.9 Å². The van der Waals surface area contributed by atoms with E-state index in [0.29, 0.717) is 74.2 Å². The standard InChI is InChI=1S/C22H16N6O2.C21H13N7O.C17H19N5O3.C13H12N4O2.C11H10N6O.C11H8N4O2/c23-22-26-16-9-2-1-7-14(16)18-11-17(27-28(18)22)21(30)25-12-19(29)15-8-3-5-13-6-4-10-24-20(13)15;22-21-24-15-9-2-1-7-13(15)17-11-16(27-28(17)21)20-26-25-19(29-20)14-8-3-5-12-6-4-10-23-18(12)14;1-17(2,3)25-14(23)9-19-15(24)12-8-13-10-6-4-5-7-11(10)20-16(18)22(13)21-12;1-2-19-12(18)10-7-11-8-5-3-4-6-9(8)15-13(14)17(11)16-10;12-11-14-7-4-2-1-3-6(7)9-5-8(10(18)15-13)16-17(9)11;12-11-13-7-4-2-1-3-6(7)9-5-8(10(16)17)14-15(9)11/h1-11H,12H2,(H2,23,26)(H,25,30);1-11H,(H2,22,24);4-8H,9H2,1-3H3,(H2,18,20)(H,19,24);3-7H,2H2,1H3,(H2,14,15);1-5H,13H2,(H2,12,14)(H,15,18);1-5H,(H2,12,13)(H,16,17). The topological polar surface area (TPSA) is 622 Å². The lowest BCUT2D eigenvalue weighted by molar-refractivity contribution is -0.153. The van der Waals surface area contributed by atoms with Crippen molar-refractivity contribution >= 4 is 197 Å². The van der Waals surface area contributed by atoms with Crippen molar-refractivity contribution in [1.29, 1.82) is 0 Å². The number of fused-ring (bicyclic) bond motifs is 20. The Hall–Kier alpha value is -19.7. The van der Waals surface area contributed by atoms with Crippen LogP contribution in [0.1, 0.15) is 90.5 Å². The number of rotatable bonds is 13. The molecule has 0 aliphatic rings. The molecule has 43 heteroatoms. The minimum absolute atomic E-state index is 0.0464. The number of benzene rings is 8. The van der Waals surface area contributed by atoms with E-state index in [9.17, 15) is 33.6 Å². The largest absolute Gasteiger partial charge is 0.476 e. The van der Waals surface area contributed by atoms with E-state index in [0.717, 1.165) is 87.3 Å². The molecule has 43 nitrogen and oxygen atoms in total. The molecule has 18 N–H and O–H groups in total. The van der Waals surface area contributed by atoms with Crippen LogP contribution in [0.2, 0.25) is 0 Å². The number of nitrogens with two attached hydrogens (primary N) is 7. The zero-order chi connectivity index (χ0) is 96.3. The first-order valence-corrected chi connectivity index (χ1v) is 42.2. The number of para-hydroxylation sites is 8. The third-order valence-electron chi connectivity index (χ3n) is 21.2. The zero-order valence-corrected chi connectivity index (χ0v) is 73.3. The minimum Gasteiger partial charge on any atom is -0.476 e. The summed E-state index contributed by atoms with van der Waals surface area (Å²) < 4.78 is 24.7. The fourth-order valence-corrected chi connectivity index (χ4v) is 15.2. The molecule has 684 valence electrons. The Labute approximate surface area is 775 Å². The second-order valence-corrected chi connectivity index (χ2v) is 31.4. The predicted octanol–water partition coefficient (Wildman–Crippen LogP) is 10.8. The number of ketones is 1. The van der Waals surface area contributed by atoms with Crippen molar-refractivity contribution in [3.63, 3.8) is 0 Å². The number of nitrogens with one attached hydrogen (secondary N) is 3. The zero-order valence-electron chi connectivity index (χ0n) is 73.3. The van der Waals surface area contributed by atoms with Crippen molar-refractivity contribution in [2.24, 2.45) is 5.84 Å². The first kappa shape index (κ1) is 88.9. The Kier molecular flexibility index (Phi) is 24.0. The lowest BCUT2D eigenvalue weighted by atomic mass is 10.1. The Bertz CT molecular complexity index is 8810. The van der Waals surface area contributed by atoms with Crippen molar-refractivity contribution in [3.8, 4) is 23.0 Å². The van der Waals surface area contributed by atoms with Gasteiger partial charge in [-0.3, -0.25) is 39.4 Å². The summed E-state index contributed by atoms with van der Waals surface area (Å²) in [4.78, 5) is 118. The quantitative estimate of drug-likeness (QED) is 0.0168. The molecule has 0 unspecified atom stereocenters. The SMILES string of the molecule is CC(C)(C)OC(=O)CNC(=O)c1cc2c3ccccc3nc(N)n2n1.CCOC(=O)c1cc2c3ccccc3nc(N)n2n1.NNC(=O)c1cc2c3ccccc3nc(N)n2n1.Nc1nc2ccccc2c2cc(-c3nnc(-c4cccc5cccnc45)o3)nn12.Nc1nc2ccccc2c2cc(C(=O)NCC(=O)c3cccc4cccnc34)nn12.Nc1nc2ccccc2c2cc(C(=O)O)nn12. The van der Waals surface area contributed by atoms with E-state index < -0.39 is 41.2 Å². The highest BCUT2D eigenvalue weighted by atomic mass is 16.6. The second kappa shape index (κ2) is 37.2. The predicted molar refractivity (Wildman–Crippen MR) is 515 cm³/mol. The molecular weight excluding hydrogens is 1770 g/mol. The molecule has 3 amide bonds. The number of nitrogens with zero attached hydrogens (tertiary/aromatic N) is 22. The average molecular weight is 1840 g/mol. The van der Waals surface area contributed by atoms with Crippen LogP contribution in [0, 0.1) is 0 Å². The van der Waals surface area contributed by atoms with Gasteiger partial charge in [0.1, 0.15) is 12.1 Å². The van der Waals surface area contributed by atoms with E-state index in [1.54, 1.807) is 81.0 Å². The highest BCUT2D eigenvalue weighted by Gasteiger charge is 2.25. The number of esters is 2. The monoisotopic (exact) mass is 1840 g/mol. The number of ether oxygens (including phenoxy) is 2. The number of anilines is 6. The van der Waals surface area contributed by atoms with Crippen LogP contribution in [0.15, 0.2) is 259 Å². The van der Waals surface area contributed by atoms with Crippen LogP contribution in [0.5, 0.6) is 0 Å². The molecule has 0 radical (unpaired) electrons. The summed E-state index contributed by atoms with van der Waals surface area (Å²) in [7, 11) is 0. The Morgan fingerprint density at radius 3 is 1.14 bits per heavy atom. The number of aromatic carboxylic acids is 1. The summed E-state index contributed by atoms with van der Waals surface area (Å²) in [6.45, 7) is 6.93. The third kappa shape index (κ3) is 18.0. The highest BCUT2D eigenvalue weighted by Crippen LogP contribution is 2.33. The molecule has 15 heterocycles. The Morgan fingerprint density at radius 1 is 0.384 bits per heavy atom. The van der Waals surface area contributed by atoms with Crippen molar-refractivity contribution < 1.29 is 52.6 Å².